The van der Waals surface area contributed by atoms with Crippen LogP contribution in [0.2, 0.25) is 0 Å². The zero-order valence-corrected chi connectivity index (χ0v) is 8.00. The highest BCUT2D eigenvalue weighted by atomic mass is 15.1. The Labute approximate surface area is 79.6 Å². The van der Waals surface area contributed by atoms with Crippen LogP contribution in [-0.2, 0) is 6.42 Å². The molecule has 0 aliphatic carbocycles. The third-order valence-electron chi connectivity index (χ3n) is 2.83. The summed E-state index contributed by atoms with van der Waals surface area (Å²) >= 11 is 0. The molecular formula is C11H17N2+. The Hall–Kier alpha value is -0.890. The van der Waals surface area contributed by atoms with E-state index in [-0.39, 0.29) is 0 Å². The van der Waals surface area contributed by atoms with Gasteiger partial charge in [0.15, 0.2) is 0 Å². The van der Waals surface area contributed by atoms with Crippen molar-refractivity contribution in [3.63, 3.8) is 0 Å². The SMILES string of the molecule is c1cc(CC[NH+]2CCCC2)ccn1. The predicted octanol–water partition coefficient (Wildman–Crippen LogP) is 0.303. The summed E-state index contributed by atoms with van der Waals surface area (Å²) in [5, 5.41) is 0. The Morgan fingerprint density at radius 1 is 1.15 bits per heavy atom. The molecule has 1 aliphatic rings. The van der Waals surface area contributed by atoms with Crippen molar-refractivity contribution < 1.29 is 4.90 Å². The van der Waals surface area contributed by atoms with Crippen LogP contribution in [0.5, 0.6) is 0 Å². The predicted molar refractivity (Wildman–Crippen MR) is 52.7 cm³/mol. The van der Waals surface area contributed by atoms with Crippen molar-refractivity contribution in [3.8, 4) is 0 Å². The molecule has 2 nitrogen and oxygen atoms in total. The van der Waals surface area contributed by atoms with Crippen molar-refractivity contribution >= 4 is 0 Å². The van der Waals surface area contributed by atoms with E-state index in [1.807, 2.05) is 12.4 Å². The highest BCUT2D eigenvalue weighted by molar-refractivity contribution is 5.09. The monoisotopic (exact) mass is 177 g/mol. The van der Waals surface area contributed by atoms with Crippen LogP contribution in [0, 0.1) is 0 Å². The van der Waals surface area contributed by atoms with Crippen LogP contribution < -0.4 is 4.90 Å². The number of likely N-dealkylation sites (tertiary alicyclic amines) is 1. The summed E-state index contributed by atoms with van der Waals surface area (Å²) in [5.41, 5.74) is 1.43. The summed E-state index contributed by atoms with van der Waals surface area (Å²) in [7, 11) is 0. The van der Waals surface area contributed by atoms with Gasteiger partial charge in [-0.15, -0.1) is 0 Å². The maximum Gasteiger partial charge on any atom is 0.0811 e. The van der Waals surface area contributed by atoms with Crippen molar-refractivity contribution in [2.75, 3.05) is 19.6 Å². The second-order valence-corrected chi connectivity index (χ2v) is 3.81. The van der Waals surface area contributed by atoms with Crippen LogP contribution in [-0.4, -0.2) is 24.6 Å². The van der Waals surface area contributed by atoms with Gasteiger partial charge in [-0.05, 0) is 17.7 Å². The van der Waals surface area contributed by atoms with Gasteiger partial charge in [0.1, 0.15) is 0 Å². The third kappa shape index (κ3) is 2.52. The zero-order chi connectivity index (χ0) is 8.93. The number of hydrogen-bond donors (Lipinski definition) is 1. The molecule has 0 aromatic carbocycles. The summed E-state index contributed by atoms with van der Waals surface area (Å²) in [5.74, 6) is 0. The zero-order valence-electron chi connectivity index (χ0n) is 8.00. The number of quaternary nitrogens is 1. The standard InChI is InChI=1S/C11H16N2/c1-2-9-13(8-1)10-5-11-3-6-12-7-4-11/h3-4,6-7H,1-2,5,8-10H2/p+1. The molecule has 2 rings (SSSR count). The minimum Gasteiger partial charge on any atom is -0.335 e. The number of hydrogen-bond acceptors (Lipinski definition) is 1. The van der Waals surface area contributed by atoms with Crippen LogP contribution in [0.4, 0.5) is 0 Å². The molecule has 0 radical (unpaired) electrons. The normalized spacial score (nSPS) is 17.8. The van der Waals surface area contributed by atoms with Crippen LogP contribution in [0.1, 0.15) is 18.4 Å². The van der Waals surface area contributed by atoms with E-state index in [0.717, 1.165) is 0 Å². The molecule has 0 amide bonds. The fourth-order valence-electron chi connectivity index (χ4n) is 2.00. The molecule has 70 valence electrons. The molecule has 1 aromatic heterocycles. The van der Waals surface area contributed by atoms with Crippen molar-refractivity contribution in [2.24, 2.45) is 0 Å². The molecule has 0 unspecified atom stereocenters. The molecule has 1 N–H and O–H groups in total. The van der Waals surface area contributed by atoms with Crippen LogP contribution >= 0.6 is 0 Å². The molecule has 0 spiro atoms. The van der Waals surface area contributed by atoms with E-state index < -0.39 is 0 Å². The van der Waals surface area contributed by atoms with Crippen LogP contribution in [0.3, 0.4) is 0 Å². The molecule has 1 fully saturated rings. The van der Waals surface area contributed by atoms with Crippen molar-refractivity contribution in [1.82, 2.24) is 4.98 Å². The van der Waals surface area contributed by atoms with Gasteiger partial charge in [-0.2, -0.15) is 0 Å². The Balaban J connectivity index is 1.79. The summed E-state index contributed by atoms with van der Waals surface area (Å²) in [6.07, 6.45) is 7.82. The minimum atomic E-state index is 1.21. The number of nitrogens with zero attached hydrogens (tertiary/aromatic N) is 1. The summed E-state index contributed by atoms with van der Waals surface area (Å²) in [6.45, 7) is 4.06. The van der Waals surface area contributed by atoms with Gasteiger partial charge in [-0.1, -0.05) is 0 Å². The topological polar surface area (TPSA) is 17.3 Å². The lowest BCUT2D eigenvalue weighted by Gasteiger charge is -2.11. The fourth-order valence-corrected chi connectivity index (χ4v) is 2.00. The molecule has 0 bridgehead atoms. The second-order valence-electron chi connectivity index (χ2n) is 3.81. The Morgan fingerprint density at radius 2 is 1.85 bits per heavy atom. The van der Waals surface area contributed by atoms with E-state index >= 15 is 0 Å². The molecule has 0 atom stereocenters. The maximum absolute atomic E-state index is 4.02. The number of aromatic nitrogens is 1. The smallest absolute Gasteiger partial charge is 0.0811 e. The molecule has 1 saturated heterocycles. The van der Waals surface area contributed by atoms with E-state index in [4.69, 9.17) is 0 Å². The minimum absolute atomic E-state index is 1.21. The first-order chi connectivity index (χ1) is 6.45. The maximum atomic E-state index is 4.02. The van der Waals surface area contributed by atoms with E-state index in [1.165, 1.54) is 44.5 Å². The lowest BCUT2D eigenvalue weighted by Crippen LogP contribution is -3.10. The van der Waals surface area contributed by atoms with E-state index in [1.54, 1.807) is 4.90 Å². The summed E-state index contributed by atoms with van der Waals surface area (Å²) < 4.78 is 0. The largest absolute Gasteiger partial charge is 0.335 e. The van der Waals surface area contributed by atoms with Gasteiger partial charge < -0.3 is 4.90 Å². The number of rotatable bonds is 3. The van der Waals surface area contributed by atoms with Gasteiger partial charge in [-0.25, -0.2) is 0 Å². The summed E-state index contributed by atoms with van der Waals surface area (Å²) in [6, 6.07) is 4.24. The van der Waals surface area contributed by atoms with Crippen molar-refractivity contribution in [1.29, 1.82) is 0 Å². The first-order valence-corrected chi connectivity index (χ1v) is 5.17. The molecule has 1 aliphatic heterocycles. The van der Waals surface area contributed by atoms with Gasteiger partial charge in [0.25, 0.3) is 0 Å². The lowest BCUT2D eigenvalue weighted by atomic mass is 10.2. The first-order valence-electron chi connectivity index (χ1n) is 5.17. The van der Waals surface area contributed by atoms with Crippen molar-refractivity contribution in [3.05, 3.63) is 30.1 Å². The van der Waals surface area contributed by atoms with E-state index in [2.05, 4.69) is 17.1 Å². The van der Waals surface area contributed by atoms with E-state index in [0.29, 0.717) is 0 Å². The summed E-state index contributed by atoms with van der Waals surface area (Å²) in [4.78, 5) is 5.79. The first kappa shape index (κ1) is 8.70. The average Bonchev–Trinajstić information content (AvgIpc) is 2.69. The quantitative estimate of drug-likeness (QED) is 0.703. The van der Waals surface area contributed by atoms with Crippen LogP contribution in [0.15, 0.2) is 24.5 Å². The van der Waals surface area contributed by atoms with Crippen molar-refractivity contribution in [2.45, 2.75) is 19.3 Å². The molecule has 2 heteroatoms. The average molecular weight is 177 g/mol. The Kier molecular flexibility index (Phi) is 2.93. The molecule has 2 heterocycles. The highest BCUT2D eigenvalue weighted by Gasteiger charge is 2.14. The van der Waals surface area contributed by atoms with Gasteiger partial charge >= 0.3 is 0 Å². The van der Waals surface area contributed by atoms with Crippen LogP contribution in [0.25, 0.3) is 0 Å². The molecular weight excluding hydrogens is 160 g/mol. The highest BCUT2D eigenvalue weighted by Crippen LogP contribution is 1.96. The van der Waals surface area contributed by atoms with Gasteiger partial charge in [0, 0.05) is 31.7 Å². The molecule has 1 aromatic rings. The lowest BCUT2D eigenvalue weighted by molar-refractivity contribution is -0.887. The van der Waals surface area contributed by atoms with Gasteiger partial charge in [-0.3, -0.25) is 4.98 Å². The second kappa shape index (κ2) is 4.38. The third-order valence-corrected chi connectivity index (χ3v) is 2.83. The molecule has 13 heavy (non-hydrogen) atoms. The fraction of sp³-hybridized carbons (Fsp3) is 0.545. The number of nitrogens with one attached hydrogen (secondary N) is 1. The molecule has 0 saturated carbocycles. The number of pyridine rings is 1. The van der Waals surface area contributed by atoms with Gasteiger partial charge in [0.2, 0.25) is 0 Å². The van der Waals surface area contributed by atoms with Gasteiger partial charge in [0.05, 0.1) is 19.6 Å². The Bertz CT molecular complexity index is 240. The van der Waals surface area contributed by atoms with E-state index in [9.17, 15) is 0 Å². The Morgan fingerprint density at radius 3 is 2.54 bits per heavy atom.